The first-order valence-corrected chi connectivity index (χ1v) is 4.38. The summed E-state index contributed by atoms with van der Waals surface area (Å²) in [5, 5.41) is 0. The van der Waals surface area contributed by atoms with Crippen LogP contribution >= 0.6 is 0 Å². The lowest BCUT2D eigenvalue weighted by molar-refractivity contribution is 0.0817. The zero-order valence-electron chi connectivity index (χ0n) is 7.93. The molecule has 0 aromatic rings. The molecule has 0 saturated heterocycles. The normalized spacial score (nSPS) is 13.4. The summed E-state index contributed by atoms with van der Waals surface area (Å²) in [4.78, 5) is 0. The van der Waals surface area contributed by atoms with Crippen LogP contribution in [0.2, 0.25) is 0 Å². The summed E-state index contributed by atoms with van der Waals surface area (Å²) >= 11 is 0. The Hall–Kier alpha value is -0.0800. The van der Waals surface area contributed by atoms with E-state index in [-0.39, 0.29) is 0 Å². The molecule has 0 aliphatic rings. The largest absolute Gasteiger partial charge is 0.385 e. The van der Waals surface area contributed by atoms with Crippen molar-refractivity contribution in [1.29, 1.82) is 0 Å². The Bertz CT molecular complexity index is 74.0. The van der Waals surface area contributed by atoms with Gasteiger partial charge in [0.1, 0.15) is 0 Å². The highest BCUT2D eigenvalue weighted by Gasteiger charge is 1.96. The third kappa shape index (κ3) is 7.82. The van der Waals surface area contributed by atoms with Gasteiger partial charge in [-0.25, -0.2) is 0 Å². The van der Waals surface area contributed by atoms with E-state index >= 15 is 0 Å². The molecule has 68 valence electrons. The molecule has 0 radical (unpaired) electrons. The summed E-state index contributed by atoms with van der Waals surface area (Å²) < 4.78 is 10.3. The summed E-state index contributed by atoms with van der Waals surface area (Å²) in [6.07, 6.45) is 2.21. The Morgan fingerprint density at radius 2 is 2.00 bits per heavy atom. The van der Waals surface area contributed by atoms with Crippen molar-refractivity contribution in [2.24, 2.45) is 5.92 Å². The van der Waals surface area contributed by atoms with Crippen LogP contribution in [0.4, 0.5) is 0 Å². The van der Waals surface area contributed by atoms with Crippen LogP contribution < -0.4 is 0 Å². The molecular formula is C9H20O2. The molecule has 0 amide bonds. The van der Waals surface area contributed by atoms with Crippen LogP contribution in [-0.4, -0.2) is 26.9 Å². The molecule has 2 nitrogen and oxygen atoms in total. The third-order valence-electron chi connectivity index (χ3n) is 1.74. The van der Waals surface area contributed by atoms with E-state index in [9.17, 15) is 0 Å². The minimum atomic E-state index is 0.692. The van der Waals surface area contributed by atoms with Crippen LogP contribution in [0.15, 0.2) is 0 Å². The van der Waals surface area contributed by atoms with Gasteiger partial charge >= 0.3 is 0 Å². The predicted octanol–water partition coefficient (Wildman–Crippen LogP) is 2.09. The molecule has 1 unspecified atom stereocenters. The molecule has 1 atom stereocenters. The lowest BCUT2D eigenvalue weighted by Crippen LogP contribution is -2.06. The lowest BCUT2D eigenvalue weighted by Gasteiger charge is -2.08. The minimum Gasteiger partial charge on any atom is -0.385 e. The number of hydrogen-bond acceptors (Lipinski definition) is 2. The van der Waals surface area contributed by atoms with Gasteiger partial charge in [-0.05, 0) is 12.3 Å². The highest BCUT2D eigenvalue weighted by Crippen LogP contribution is 2.00. The lowest BCUT2D eigenvalue weighted by atomic mass is 10.1. The Labute approximate surface area is 69.9 Å². The SMILES string of the molecule is CCC(C)COCCCOC. The third-order valence-corrected chi connectivity index (χ3v) is 1.74. The van der Waals surface area contributed by atoms with Crippen molar-refractivity contribution < 1.29 is 9.47 Å². The highest BCUT2D eigenvalue weighted by atomic mass is 16.5. The summed E-state index contributed by atoms with van der Waals surface area (Å²) in [5.74, 6) is 0.692. The molecule has 2 heteroatoms. The summed E-state index contributed by atoms with van der Waals surface area (Å²) in [6, 6.07) is 0. The van der Waals surface area contributed by atoms with E-state index in [2.05, 4.69) is 13.8 Å². The second kappa shape index (κ2) is 8.02. The highest BCUT2D eigenvalue weighted by molar-refractivity contribution is 4.45. The van der Waals surface area contributed by atoms with Gasteiger partial charge in [-0.15, -0.1) is 0 Å². The molecule has 0 aliphatic heterocycles. The summed E-state index contributed by atoms with van der Waals surface area (Å²) in [6.45, 7) is 6.92. The van der Waals surface area contributed by atoms with Gasteiger partial charge in [-0.3, -0.25) is 0 Å². The number of hydrogen-bond donors (Lipinski definition) is 0. The van der Waals surface area contributed by atoms with Gasteiger partial charge in [0.05, 0.1) is 0 Å². The second-order valence-electron chi connectivity index (χ2n) is 2.93. The quantitative estimate of drug-likeness (QED) is 0.531. The van der Waals surface area contributed by atoms with E-state index < -0.39 is 0 Å². The topological polar surface area (TPSA) is 18.5 Å². The maximum absolute atomic E-state index is 5.41. The molecule has 0 fully saturated rings. The van der Waals surface area contributed by atoms with Crippen LogP contribution in [-0.2, 0) is 9.47 Å². The number of rotatable bonds is 7. The van der Waals surface area contributed by atoms with Gasteiger partial charge in [0, 0.05) is 26.9 Å². The predicted molar refractivity (Wildman–Crippen MR) is 46.8 cm³/mol. The van der Waals surface area contributed by atoms with Gasteiger partial charge in [0.2, 0.25) is 0 Å². The van der Waals surface area contributed by atoms with Crippen molar-refractivity contribution >= 4 is 0 Å². The fourth-order valence-electron chi connectivity index (χ4n) is 0.708. The smallest absolute Gasteiger partial charge is 0.0491 e. The molecule has 0 heterocycles. The fraction of sp³-hybridized carbons (Fsp3) is 1.00. The monoisotopic (exact) mass is 160 g/mol. The van der Waals surface area contributed by atoms with Crippen molar-refractivity contribution in [2.75, 3.05) is 26.9 Å². The zero-order chi connectivity index (χ0) is 8.53. The molecule has 0 rings (SSSR count). The van der Waals surface area contributed by atoms with E-state index in [4.69, 9.17) is 9.47 Å². The number of ether oxygens (including phenoxy) is 2. The maximum atomic E-state index is 5.41. The molecular weight excluding hydrogens is 140 g/mol. The average molecular weight is 160 g/mol. The Kier molecular flexibility index (Phi) is 7.96. The molecule has 0 saturated carbocycles. The first kappa shape index (κ1) is 10.9. The van der Waals surface area contributed by atoms with Gasteiger partial charge in [0.15, 0.2) is 0 Å². The molecule has 11 heavy (non-hydrogen) atoms. The molecule has 0 aliphatic carbocycles. The fourth-order valence-corrected chi connectivity index (χ4v) is 0.708. The standard InChI is InChI=1S/C9H20O2/c1-4-9(2)8-11-7-5-6-10-3/h9H,4-8H2,1-3H3. The zero-order valence-corrected chi connectivity index (χ0v) is 7.93. The molecule has 0 aromatic heterocycles. The maximum Gasteiger partial charge on any atom is 0.0491 e. The van der Waals surface area contributed by atoms with Gasteiger partial charge < -0.3 is 9.47 Å². The van der Waals surface area contributed by atoms with E-state index in [1.165, 1.54) is 6.42 Å². The molecule has 0 spiro atoms. The average Bonchev–Trinajstić information content (AvgIpc) is 2.04. The van der Waals surface area contributed by atoms with Crippen LogP contribution in [0.1, 0.15) is 26.7 Å². The Morgan fingerprint density at radius 1 is 1.27 bits per heavy atom. The second-order valence-corrected chi connectivity index (χ2v) is 2.93. The van der Waals surface area contributed by atoms with Crippen LogP contribution in [0.3, 0.4) is 0 Å². The summed E-state index contributed by atoms with van der Waals surface area (Å²) in [5.41, 5.74) is 0. The first-order chi connectivity index (χ1) is 5.31. The Balaban J connectivity index is 2.89. The van der Waals surface area contributed by atoms with E-state index in [0.29, 0.717) is 5.92 Å². The number of methoxy groups -OCH3 is 1. The van der Waals surface area contributed by atoms with Crippen molar-refractivity contribution in [2.45, 2.75) is 26.7 Å². The van der Waals surface area contributed by atoms with Crippen molar-refractivity contribution in [3.63, 3.8) is 0 Å². The van der Waals surface area contributed by atoms with E-state index in [1.807, 2.05) is 0 Å². The van der Waals surface area contributed by atoms with Gasteiger partial charge in [0.25, 0.3) is 0 Å². The minimum absolute atomic E-state index is 0.692. The molecule has 0 N–H and O–H groups in total. The van der Waals surface area contributed by atoms with E-state index in [1.54, 1.807) is 7.11 Å². The summed E-state index contributed by atoms with van der Waals surface area (Å²) in [7, 11) is 1.72. The van der Waals surface area contributed by atoms with Gasteiger partial charge in [-0.2, -0.15) is 0 Å². The molecule has 0 aromatic carbocycles. The van der Waals surface area contributed by atoms with Crippen LogP contribution in [0.5, 0.6) is 0 Å². The van der Waals surface area contributed by atoms with Crippen LogP contribution in [0.25, 0.3) is 0 Å². The van der Waals surface area contributed by atoms with Crippen molar-refractivity contribution in [3.8, 4) is 0 Å². The van der Waals surface area contributed by atoms with Gasteiger partial charge in [-0.1, -0.05) is 20.3 Å². The van der Waals surface area contributed by atoms with Crippen LogP contribution in [0, 0.1) is 5.92 Å². The molecule has 0 bridgehead atoms. The first-order valence-electron chi connectivity index (χ1n) is 4.38. The van der Waals surface area contributed by atoms with Crippen molar-refractivity contribution in [3.05, 3.63) is 0 Å². The van der Waals surface area contributed by atoms with Crippen molar-refractivity contribution in [1.82, 2.24) is 0 Å². The van der Waals surface area contributed by atoms with E-state index in [0.717, 1.165) is 26.2 Å². The Morgan fingerprint density at radius 3 is 2.55 bits per heavy atom.